The Bertz CT molecular complexity index is 5910. The van der Waals surface area contributed by atoms with Gasteiger partial charge in [0, 0.05) is 50.6 Å². The molecule has 0 amide bonds. The second-order valence-corrected chi connectivity index (χ2v) is 24.1. The van der Waals surface area contributed by atoms with E-state index in [9.17, 15) is 0 Å². The van der Waals surface area contributed by atoms with Crippen LogP contribution < -0.4 is 0 Å². The number of pyridine rings is 1. The maximum absolute atomic E-state index is 5.47. The molecule has 0 unspecified atom stereocenters. The number of benzene rings is 14. The summed E-state index contributed by atoms with van der Waals surface area (Å²) in [5, 5.41) is 14.3. The molecule has 0 fully saturated rings. The summed E-state index contributed by atoms with van der Waals surface area (Å²) in [6, 6.07) is 102. The van der Waals surface area contributed by atoms with E-state index < -0.39 is 0 Å². The van der Waals surface area contributed by atoms with Crippen LogP contribution in [0, 0.1) is 0 Å². The van der Waals surface area contributed by atoms with Gasteiger partial charge in [0.25, 0.3) is 0 Å². The lowest BCUT2D eigenvalue weighted by Crippen LogP contribution is -2.10. The first kappa shape index (κ1) is 49.0. The Kier molecular flexibility index (Phi) is 10.2. The van der Waals surface area contributed by atoms with E-state index in [1.165, 1.54) is 110 Å². The molecule has 0 spiro atoms. The fourth-order valence-corrected chi connectivity index (χ4v) is 15.2. The van der Waals surface area contributed by atoms with E-state index in [0.29, 0.717) is 17.7 Å². The smallest absolute Gasteiger partial charge is 0.240 e. The fraction of sp³-hybridized carbons (Fsp3) is 0. The Morgan fingerprint density at radius 3 is 1.07 bits per heavy atom. The number of para-hydroxylation sites is 4. The quantitative estimate of drug-likeness (QED) is 0.160. The molecule has 2 aliphatic carbocycles. The summed E-state index contributed by atoms with van der Waals surface area (Å²) in [6.07, 6.45) is 3.99. The normalized spacial score (nSPS) is 12.2. The first-order valence-corrected chi connectivity index (χ1v) is 30.7. The van der Waals surface area contributed by atoms with Crippen molar-refractivity contribution in [2.45, 2.75) is 0 Å². The van der Waals surface area contributed by atoms with Crippen molar-refractivity contribution in [1.29, 1.82) is 0 Å². The maximum Gasteiger partial charge on any atom is 0.240 e. The van der Waals surface area contributed by atoms with Crippen LogP contribution in [-0.4, -0.2) is 29.1 Å². The molecule has 0 saturated heterocycles. The van der Waals surface area contributed by atoms with Crippen LogP contribution in [-0.2, 0) is 0 Å². The zero-order valence-electron chi connectivity index (χ0n) is 48.4. The highest BCUT2D eigenvalue weighted by atomic mass is 15.3. The first-order chi connectivity index (χ1) is 44.6. The highest BCUT2D eigenvalue weighted by molar-refractivity contribution is 6.20. The molecule has 0 N–H and O–H groups in total. The molecule has 0 aliphatic heterocycles. The average molecular weight is 1140 g/mol. The van der Waals surface area contributed by atoms with Crippen molar-refractivity contribution in [3.63, 3.8) is 0 Å². The average Bonchev–Trinajstić information content (AvgIpc) is 1.61. The minimum atomic E-state index is 0.564. The summed E-state index contributed by atoms with van der Waals surface area (Å²) < 4.78 is 4.40. The van der Waals surface area contributed by atoms with E-state index >= 15 is 0 Å². The Hall–Kier alpha value is -12.1. The Balaban J connectivity index is 0.625. The van der Waals surface area contributed by atoms with Gasteiger partial charge in [-0.05, 0) is 188 Å². The van der Waals surface area contributed by atoms with Gasteiger partial charge in [-0.3, -0.25) is 14.1 Å². The molecule has 6 heteroatoms. The largest absolute Gasteiger partial charge is 0.278 e. The molecule has 20 rings (SSSR count). The summed E-state index contributed by atoms with van der Waals surface area (Å²) in [5.74, 6) is 1.74. The number of nitrogens with zero attached hydrogens (tertiary/aromatic N) is 6. The summed E-state index contributed by atoms with van der Waals surface area (Å²) in [5.41, 5.74) is 24.5. The minimum Gasteiger partial charge on any atom is -0.278 e. The fourth-order valence-electron chi connectivity index (χ4n) is 15.2. The Labute approximate surface area is 516 Å². The third-order valence-corrected chi connectivity index (χ3v) is 19.3. The van der Waals surface area contributed by atoms with Gasteiger partial charge in [-0.25, -0.2) is 0 Å². The number of fused-ring (bicyclic) bond motifs is 14. The molecular weight excluding hydrogens is 1090 g/mol. The minimum absolute atomic E-state index is 0.564. The van der Waals surface area contributed by atoms with Crippen molar-refractivity contribution in [3.8, 4) is 112 Å². The van der Waals surface area contributed by atoms with E-state index in [0.717, 1.165) is 71.3 Å². The zero-order valence-corrected chi connectivity index (χ0v) is 48.4. The standard InChI is InChI=1S/C84H48N6/c1-2-14-62-61(13-1)69-20-11-19-68-60(37-38-72(62)80(68)69)59-45-58(47-85-48-59)56-34-33-53-42-50(29-30-54(53)44-56)49-27-28-52-43-55(32-31-51(52)41-49)57-35-36-63-70-21-12-22-71-74(40-39-73(81(70)71)75(63)46-57)82-86-83(89-76-23-7-3-15-64(76)65-16-4-8-24-77(65)89)88-84(87-82)90-78-25-9-5-17-66(78)67-18-6-10-26-79(67)90/h1-48H. The van der Waals surface area contributed by atoms with Crippen molar-refractivity contribution in [2.75, 3.05) is 0 Å². The third kappa shape index (κ3) is 7.15. The van der Waals surface area contributed by atoms with Gasteiger partial charge in [-0.2, -0.15) is 15.0 Å². The lowest BCUT2D eigenvalue weighted by atomic mass is 9.93. The SMILES string of the molecule is c1ccc2c(c1)-c1cccc3c(-c4cncc(-c5ccc6cc(-c7ccc8cc(-c9ccc%10c(c9)-c9ccc(-c%11nc(-n%12c%13ccccc%13c%13ccccc%13%12)nc(-n%12c%13ccccc%13c%13ccccc%13%12)n%11)c%11cccc-%10c9%11)ccc8c7)ccc6c5)c4)ccc-2c13. The highest BCUT2D eigenvalue weighted by Gasteiger charge is 2.27. The van der Waals surface area contributed by atoms with Crippen LogP contribution in [0.25, 0.3) is 199 Å². The van der Waals surface area contributed by atoms with Crippen LogP contribution in [0.1, 0.15) is 0 Å². The molecule has 414 valence electrons. The van der Waals surface area contributed by atoms with Gasteiger partial charge in [0.15, 0.2) is 5.82 Å². The Morgan fingerprint density at radius 1 is 0.211 bits per heavy atom. The second-order valence-electron chi connectivity index (χ2n) is 24.1. The van der Waals surface area contributed by atoms with E-state index in [2.05, 4.69) is 288 Å². The number of rotatable bonds is 7. The van der Waals surface area contributed by atoms with Crippen LogP contribution in [0.2, 0.25) is 0 Å². The van der Waals surface area contributed by atoms with Crippen LogP contribution >= 0.6 is 0 Å². The molecule has 18 aromatic rings. The number of hydrogen-bond acceptors (Lipinski definition) is 4. The second kappa shape index (κ2) is 18.7. The van der Waals surface area contributed by atoms with Crippen molar-refractivity contribution in [2.24, 2.45) is 0 Å². The summed E-state index contributed by atoms with van der Waals surface area (Å²) in [4.78, 5) is 21.2. The molecule has 0 bridgehead atoms. The monoisotopic (exact) mass is 1140 g/mol. The van der Waals surface area contributed by atoms with Gasteiger partial charge < -0.3 is 0 Å². The predicted octanol–water partition coefficient (Wildman–Crippen LogP) is 21.7. The van der Waals surface area contributed by atoms with Crippen LogP contribution in [0.15, 0.2) is 291 Å². The van der Waals surface area contributed by atoms with Gasteiger partial charge in [0.2, 0.25) is 11.9 Å². The van der Waals surface area contributed by atoms with Crippen LogP contribution in [0.4, 0.5) is 0 Å². The van der Waals surface area contributed by atoms with E-state index in [4.69, 9.17) is 19.9 Å². The van der Waals surface area contributed by atoms with Crippen molar-refractivity contribution in [3.05, 3.63) is 291 Å². The summed E-state index contributed by atoms with van der Waals surface area (Å²) in [7, 11) is 0. The van der Waals surface area contributed by atoms with Crippen LogP contribution in [0.3, 0.4) is 0 Å². The first-order valence-electron chi connectivity index (χ1n) is 30.7. The maximum atomic E-state index is 5.47. The van der Waals surface area contributed by atoms with Gasteiger partial charge >= 0.3 is 0 Å². The molecule has 4 heterocycles. The van der Waals surface area contributed by atoms with E-state index in [-0.39, 0.29) is 0 Å². The van der Waals surface area contributed by atoms with Crippen molar-refractivity contribution in [1.82, 2.24) is 29.1 Å². The van der Waals surface area contributed by atoms with Gasteiger partial charge in [0.1, 0.15) is 0 Å². The molecular formula is C84H48N6. The topological polar surface area (TPSA) is 61.4 Å². The molecule has 0 atom stereocenters. The van der Waals surface area contributed by atoms with Crippen LogP contribution in [0.5, 0.6) is 0 Å². The predicted molar refractivity (Wildman–Crippen MR) is 372 cm³/mol. The Morgan fingerprint density at radius 2 is 0.556 bits per heavy atom. The number of hydrogen-bond donors (Lipinski definition) is 0. The van der Waals surface area contributed by atoms with Gasteiger partial charge in [-0.15, -0.1) is 0 Å². The molecule has 0 saturated carbocycles. The van der Waals surface area contributed by atoms with Gasteiger partial charge in [-0.1, -0.05) is 212 Å². The zero-order chi connectivity index (χ0) is 58.7. The molecule has 6 nitrogen and oxygen atoms in total. The van der Waals surface area contributed by atoms with Crippen molar-refractivity contribution < 1.29 is 0 Å². The molecule has 0 radical (unpaired) electrons. The summed E-state index contributed by atoms with van der Waals surface area (Å²) in [6.45, 7) is 0. The molecule has 4 aromatic heterocycles. The molecule has 2 aliphatic rings. The molecule has 14 aromatic carbocycles. The summed E-state index contributed by atoms with van der Waals surface area (Å²) >= 11 is 0. The lowest BCUT2D eigenvalue weighted by Gasteiger charge is -2.14. The van der Waals surface area contributed by atoms with E-state index in [1.54, 1.807) is 0 Å². The van der Waals surface area contributed by atoms with Crippen molar-refractivity contribution >= 4 is 86.7 Å². The third-order valence-electron chi connectivity index (χ3n) is 19.3. The lowest BCUT2D eigenvalue weighted by molar-refractivity contribution is 0.893. The highest BCUT2D eigenvalue weighted by Crippen LogP contribution is 2.52. The molecule has 90 heavy (non-hydrogen) atoms. The van der Waals surface area contributed by atoms with E-state index in [1.807, 2.05) is 12.4 Å². The van der Waals surface area contributed by atoms with Gasteiger partial charge in [0.05, 0.1) is 22.1 Å². The number of aromatic nitrogens is 6.